The van der Waals surface area contributed by atoms with Crippen molar-refractivity contribution in [2.75, 3.05) is 0 Å². The van der Waals surface area contributed by atoms with E-state index in [2.05, 4.69) is 6.58 Å². The standard InChI is InChI=1S/C12H14N2O/c1-4-9(2)8-14-10(3)5-6-11(7-13)12(14)15/h5-6H,2,4,8H2,1,3H3. The highest BCUT2D eigenvalue weighted by molar-refractivity contribution is 5.27. The smallest absolute Gasteiger partial charge is 0.268 e. The maximum atomic E-state index is 11.8. The summed E-state index contributed by atoms with van der Waals surface area (Å²) >= 11 is 0. The number of aromatic nitrogens is 1. The van der Waals surface area contributed by atoms with E-state index < -0.39 is 0 Å². The number of nitrogens with zero attached hydrogens (tertiary/aromatic N) is 2. The van der Waals surface area contributed by atoms with Gasteiger partial charge in [-0.2, -0.15) is 5.26 Å². The van der Waals surface area contributed by atoms with Crippen LogP contribution in [-0.4, -0.2) is 4.57 Å². The monoisotopic (exact) mass is 202 g/mol. The minimum absolute atomic E-state index is 0.185. The molecule has 0 unspecified atom stereocenters. The molecule has 0 N–H and O–H groups in total. The Balaban J connectivity index is 3.23. The third kappa shape index (κ3) is 2.35. The fraction of sp³-hybridized carbons (Fsp3) is 0.333. The topological polar surface area (TPSA) is 45.8 Å². The first-order valence-corrected chi connectivity index (χ1v) is 4.87. The summed E-state index contributed by atoms with van der Waals surface area (Å²) in [5, 5.41) is 8.74. The van der Waals surface area contributed by atoms with E-state index in [-0.39, 0.29) is 11.1 Å². The molecular formula is C12H14N2O. The molecule has 0 aliphatic rings. The molecule has 0 atom stereocenters. The molecule has 15 heavy (non-hydrogen) atoms. The van der Waals surface area contributed by atoms with Crippen LogP contribution in [0.25, 0.3) is 0 Å². The van der Waals surface area contributed by atoms with Gasteiger partial charge in [-0.3, -0.25) is 4.79 Å². The van der Waals surface area contributed by atoms with Crippen LogP contribution in [0.1, 0.15) is 24.6 Å². The van der Waals surface area contributed by atoms with Gasteiger partial charge in [-0.1, -0.05) is 19.1 Å². The molecule has 0 aliphatic heterocycles. The quantitative estimate of drug-likeness (QED) is 0.704. The van der Waals surface area contributed by atoms with Crippen molar-refractivity contribution < 1.29 is 0 Å². The first-order chi connectivity index (χ1) is 7.10. The van der Waals surface area contributed by atoms with Gasteiger partial charge in [-0.05, 0) is 25.5 Å². The fourth-order valence-corrected chi connectivity index (χ4v) is 1.29. The minimum atomic E-state index is -0.230. The highest BCUT2D eigenvalue weighted by atomic mass is 16.1. The predicted molar refractivity (Wildman–Crippen MR) is 59.6 cm³/mol. The Morgan fingerprint density at radius 1 is 1.60 bits per heavy atom. The van der Waals surface area contributed by atoms with E-state index in [9.17, 15) is 4.79 Å². The van der Waals surface area contributed by atoms with Gasteiger partial charge in [0, 0.05) is 12.2 Å². The molecule has 1 rings (SSSR count). The highest BCUT2D eigenvalue weighted by Gasteiger charge is 2.05. The van der Waals surface area contributed by atoms with Crippen molar-refractivity contribution in [3.63, 3.8) is 0 Å². The molecular weight excluding hydrogens is 188 g/mol. The fourth-order valence-electron chi connectivity index (χ4n) is 1.29. The number of rotatable bonds is 3. The third-order valence-electron chi connectivity index (χ3n) is 2.39. The summed E-state index contributed by atoms with van der Waals surface area (Å²) in [5.74, 6) is 0. The second-order valence-electron chi connectivity index (χ2n) is 3.50. The second-order valence-corrected chi connectivity index (χ2v) is 3.50. The molecule has 0 aromatic carbocycles. The van der Waals surface area contributed by atoms with E-state index in [1.165, 1.54) is 0 Å². The molecule has 0 radical (unpaired) electrons. The Hall–Kier alpha value is -1.82. The van der Waals surface area contributed by atoms with E-state index in [4.69, 9.17) is 5.26 Å². The maximum absolute atomic E-state index is 11.8. The van der Waals surface area contributed by atoms with E-state index in [1.807, 2.05) is 19.9 Å². The lowest BCUT2D eigenvalue weighted by Gasteiger charge is -2.10. The molecule has 0 fully saturated rings. The summed E-state index contributed by atoms with van der Waals surface area (Å²) in [7, 11) is 0. The molecule has 0 saturated carbocycles. The van der Waals surface area contributed by atoms with Gasteiger partial charge in [0.2, 0.25) is 0 Å². The van der Waals surface area contributed by atoms with E-state index in [0.717, 1.165) is 17.7 Å². The van der Waals surface area contributed by atoms with Crippen molar-refractivity contribution in [3.8, 4) is 6.07 Å². The number of hydrogen-bond acceptors (Lipinski definition) is 2. The molecule has 1 aromatic heterocycles. The zero-order chi connectivity index (χ0) is 11.4. The van der Waals surface area contributed by atoms with Crippen LogP contribution in [0.4, 0.5) is 0 Å². The lowest BCUT2D eigenvalue weighted by molar-refractivity contribution is 0.701. The van der Waals surface area contributed by atoms with Crippen LogP contribution >= 0.6 is 0 Å². The van der Waals surface area contributed by atoms with E-state index in [1.54, 1.807) is 16.7 Å². The van der Waals surface area contributed by atoms with Gasteiger partial charge in [-0.25, -0.2) is 0 Å². The first kappa shape index (κ1) is 11.3. The van der Waals surface area contributed by atoms with Crippen molar-refractivity contribution in [2.24, 2.45) is 0 Å². The molecule has 0 amide bonds. The zero-order valence-corrected chi connectivity index (χ0v) is 9.08. The molecule has 0 saturated heterocycles. The van der Waals surface area contributed by atoms with Crippen LogP contribution in [0.15, 0.2) is 29.1 Å². The summed E-state index contributed by atoms with van der Waals surface area (Å²) < 4.78 is 1.59. The molecule has 3 nitrogen and oxygen atoms in total. The SMILES string of the molecule is C=C(CC)Cn1c(C)ccc(C#N)c1=O. The highest BCUT2D eigenvalue weighted by Crippen LogP contribution is 2.04. The van der Waals surface area contributed by atoms with Gasteiger partial charge in [0.05, 0.1) is 0 Å². The summed E-state index contributed by atoms with van der Waals surface area (Å²) in [6, 6.07) is 5.23. The van der Waals surface area contributed by atoms with Crippen molar-refractivity contribution in [1.82, 2.24) is 4.57 Å². The number of aryl methyl sites for hydroxylation is 1. The number of nitriles is 1. The van der Waals surface area contributed by atoms with Crippen LogP contribution < -0.4 is 5.56 Å². The number of pyridine rings is 1. The van der Waals surface area contributed by atoms with Crippen LogP contribution in [0.3, 0.4) is 0 Å². The van der Waals surface area contributed by atoms with Crippen LogP contribution in [0.5, 0.6) is 0 Å². The van der Waals surface area contributed by atoms with Crippen LogP contribution in [-0.2, 0) is 6.54 Å². The molecule has 1 aromatic rings. The summed E-state index contributed by atoms with van der Waals surface area (Å²) in [5.41, 5.74) is 1.79. The van der Waals surface area contributed by atoms with Crippen molar-refractivity contribution in [1.29, 1.82) is 5.26 Å². The Kier molecular flexibility index (Phi) is 3.46. The van der Waals surface area contributed by atoms with Gasteiger partial charge in [0.25, 0.3) is 5.56 Å². The number of allylic oxidation sites excluding steroid dienone is 1. The molecule has 0 aliphatic carbocycles. The van der Waals surface area contributed by atoms with E-state index in [0.29, 0.717) is 6.54 Å². The summed E-state index contributed by atoms with van der Waals surface area (Å²) in [4.78, 5) is 11.8. The largest absolute Gasteiger partial charge is 0.308 e. The molecule has 0 spiro atoms. The predicted octanol–water partition coefficient (Wildman–Crippen LogP) is 1.99. The molecule has 78 valence electrons. The Morgan fingerprint density at radius 2 is 2.27 bits per heavy atom. The Bertz CT molecular complexity index is 477. The van der Waals surface area contributed by atoms with Crippen molar-refractivity contribution in [2.45, 2.75) is 26.8 Å². The zero-order valence-electron chi connectivity index (χ0n) is 9.08. The lowest BCUT2D eigenvalue weighted by Crippen LogP contribution is -2.24. The molecule has 0 bridgehead atoms. The first-order valence-electron chi connectivity index (χ1n) is 4.87. The summed E-state index contributed by atoms with van der Waals surface area (Å²) in [6.07, 6.45) is 0.836. The van der Waals surface area contributed by atoms with Crippen LogP contribution in [0.2, 0.25) is 0 Å². The van der Waals surface area contributed by atoms with Gasteiger partial charge >= 0.3 is 0 Å². The lowest BCUT2D eigenvalue weighted by atomic mass is 10.2. The maximum Gasteiger partial charge on any atom is 0.268 e. The number of hydrogen-bond donors (Lipinski definition) is 0. The van der Waals surface area contributed by atoms with Gasteiger partial charge < -0.3 is 4.57 Å². The normalized spacial score (nSPS) is 9.67. The third-order valence-corrected chi connectivity index (χ3v) is 2.39. The van der Waals surface area contributed by atoms with Crippen LogP contribution in [0, 0.1) is 18.3 Å². The molecule has 1 heterocycles. The Morgan fingerprint density at radius 3 is 2.80 bits per heavy atom. The van der Waals surface area contributed by atoms with Gasteiger partial charge in [-0.15, -0.1) is 0 Å². The summed E-state index contributed by atoms with van der Waals surface area (Å²) in [6.45, 7) is 8.21. The Labute approximate surface area is 89.3 Å². The van der Waals surface area contributed by atoms with Crippen molar-refractivity contribution in [3.05, 3.63) is 45.9 Å². The van der Waals surface area contributed by atoms with Gasteiger partial charge in [0.15, 0.2) is 0 Å². The second kappa shape index (κ2) is 4.61. The molecule has 3 heteroatoms. The van der Waals surface area contributed by atoms with E-state index >= 15 is 0 Å². The van der Waals surface area contributed by atoms with Crippen molar-refractivity contribution >= 4 is 0 Å². The van der Waals surface area contributed by atoms with Gasteiger partial charge in [0.1, 0.15) is 11.6 Å². The average molecular weight is 202 g/mol. The minimum Gasteiger partial charge on any atom is -0.308 e. The average Bonchev–Trinajstić information content (AvgIpc) is 2.24.